The Morgan fingerprint density at radius 1 is 1.30 bits per heavy atom. The highest BCUT2D eigenvalue weighted by Crippen LogP contribution is 2.18. The molecule has 0 saturated carbocycles. The Kier molecular flexibility index (Phi) is 5.31. The number of anilines is 1. The lowest BCUT2D eigenvalue weighted by atomic mass is 10.3. The average molecular weight is 316 g/mol. The third kappa shape index (κ3) is 5.72. The minimum absolute atomic E-state index is 0.0620. The molecule has 0 fully saturated rings. The summed E-state index contributed by atoms with van der Waals surface area (Å²) in [5, 5.41) is 7.29. The Labute approximate surface area is 112 Å². The van der Waals surface area contributed by atoms with Gasteiger partial charge in [0.2, 0.25) is 10.0 Å². The van der Waals surface area contributed by atoms with E-state index in [1.54, 1.807) is 0 Å². The monoisotopic (exact) mass is 316 g/mol. The summed E-state index contributed by atoms with van der Waals surface area (Å²) < 4.78 is 75.0. The van der Waals surface area contributed by atoms with Crippen molar-refractivity contribution in [2.45, 2.75) is 11.1 Å². The van der Waals surface area contributed by atoms with Gasteiger partial charge < -0.3 is 10.1 Å². The van der Waals surface area contributed by atoms with Crippen molar-refractivity contribution in [1.82, 2.24) is 0 Å². The average Bonchev–Trinajstić information content (AvgIpc) is 2.27. The van der Waals surface area contributed by atoms with E-state index in [1.807, 2.05) is 0 Å². The summed E-state index contributed by atoms with van der Waals surface area (Å²) in [6.45, 7) is -1.74. The smallest absolute Gasteiger partial charge is 0.380 e. The van der Waals surface area contributed by atoms with Crippen LogP contribution in [0.15, 0.2) is 23.1 Å². The van der Waals surface area contributed by atoms with Gasteiger partial charge in [-0.1, -0.05) is 0 Å². The highest BCUT2D eigenvalue weighted by atomic mass is 32.2. The molecule has 10 heteroatoms. The second-order valence-corrected chi connectivity index (χ2v) is 5.34. The Morgan fingerprint density at radius 3 is 2.45 bits per heavy atom. The molecule has 0 bridgehead atoms. The summed E-state index contributed by atoms with van der Waals surface area (Å²) >= 11 is 0. The molecule has 0 aliphatic carbocycles. The van der Waals surface area contributed by atoms with Crippen LogP contribution in [0.25, 0.3) is 0 Å². The summed E-state index contributed by atoms with van der Waals surface area (Å²) in [5.41, 5.74) is -0.0620. The predicted octanol–water partition coefficient (Wildman–Crippen LogP) is 1.46. The van der Waals surface area contributed by atoms with Gasteiger partial charge in [0.15, 0.2) is 0 Å². The fourth-order valence-corrected chi connectivity index (χ4v) is 1.79. The normalized spacial score (nSPS) is 12.4. The van der Waals surface area contributed by atoms with Gasteiger partial charge in [-0.05, 0) is 18.2 Å². The zero-order valence-electron chi connectivity index (χ0n) is 10.1. The first-order chi connectivity index (χ1) is 9.09. The number of hydrogen-bond acceptors (Lipinski definition) is 4. The molecule has 114 valence electrons. The lowest BCUT2D eigenvalue weighted by Crippen LogP contribution is -2.20. The lowest BCUT2D eigenvalue weighted by Gasteiger charge is -2.10. The van der Waals surface area contributed by atoms with E-state index < -0.39 is 33.5 Å². The van der Waals surface area contributed by atoms with Crippen molar-refractivity contribution in [3.8, 4) is 0 Å². The molecule has 5 nitrogen and oxygen atoms in total. The topological polar surface area (TPSA) is 81.4 Å². The van der Waals surface area contributed by atoms with Crippen molar-refractivity contribution in [2.75, 3.05) is 25.1 Å². The van der Waals surface area contributed by atoms with E-state index in [0.29, 0.717) is 6.07 Å². The van der Waals surface area contributed by atoms with Gasteiger partial charge in [-0.2, -0.15) is 13.2 Å². The number of primary sulfonamides is 1. The second-order valence-electron chi connectivity index (χ2n) is 3.78. The molecule has 3 N–H and O–H groups in total. The Bertz CT molecular complexity index is 560. The molecule has 1 aromatic rings. The number of ether oxygens (including phenoxy) is 1. The molecule has 0 saturated heterocycles. The molecule has 0 atom stereocenters. The highest BCUT2D eigenvalue weighted by Gasteiger charge is 2.27. The molecular weight excluding hydrogens is 304 g/mol. The first kappa shape index (κ1) is 16.7. The Hall–Kier alpha value is -1.39. The minimum Gasteiger partial charge on any atom is -0.380 e. The van der Waals surface area contributed by atoms with Gasteiger partial charge in [-0.15, -0.1) is 0 Å². The second kappa shape index (κ2) is 6.37. The van der Waals surface area contributed by atoms with Gasteiger partial charge >= 0.3 is 6.18 Å². The van der Waals surface area contributed by atoms with Crippen molar-refractivity contribution in [3.63, 3.8) is 0 Å². The Morgan fingerprint density at radius 2 is 1.95 bits per heavy atom. The summed E-state index contributed by atoms with van der Waals surface area (Å²) in [5.74, 6) is -0.882. The lowest BCUT2D eigenvalue weighted by molar-refractivity contribution is -0.172. The van der Waals surface area contributed by atoms with Crippen LogP contribution in [-0.2, 0) is 14.8 Å². The number of hydrogen-bond donors (Lipinski definition) is 2. The van der Waals surface area contributed by atoms with Crippen LogP contribution >= 0.6 is 0 Å². The van der Waals surface area contributed by atoms with Crippen LogP contribution in [0.4, 0.5) is 23.2 Å². The van der Waals surface area contributed by atoms with Crippen LogP contribution in [-0.4, -0.2) is 34.4 Å². The summed E-state index contributed by atoms with van der Waals surface area (Å²) in [7, 11) is -4.01. The molecule has 1 rings (SSSR count). The molecule has 0 unspecified atom stereocenters. The maximum atomic E-state index is 13.5. The Balaban J connectivity index is 2.50. The number of alkyl halides is 3. The van der Waals surface area contributed by atoms with Crippen LogP contribution in [0, 0.1) is 5.82 Å². The molecular formula is C10H12F4N2O3S. The molecule has 0 spiro atoms. The quantitative estimate of drug-likeness (QED) is 0.615. The maximum Gasteiger partial charge on any atom is 0.411 e. The molecule has 0 amide bonds. The number of halogens is 4. The van der Waals surface area contributed by atoms with Crippen LogP contribution in [0.5, 0.6) is 0 Å². The molecule has 0 aromatic heterocycles. The van der Waals surface area contributed by atoms with Crippen molar-refractivity contribution in [2.24, 2.45) is 5.14 Å². The first-order valence-corrected chi connectivity index (χ1v) is 6.85. The summed E-state index contributed by atoms with van der Waals surface area (Å²) in [4.78, 5) is -0.395. The van der Waals surface area contributed by atoms with Gasteiger partial charge in [0.25, 0.3) is 0 Å². The predicted molar refractivity (Wildman–Crippen MR) is 63.1 cm³/mol. The zero-order chi connectivity index (χ0) is 15.4. The minimum atomic E-state index is -4.41. The number of sulfonamides is 1. The standard InChI is InChI=1S/C10H12F4N2O3S/c11-8-5-7(20(15,17)18)1-2-9(8)16-3-4-19-6-10(12,13)14/h1-2,5,16H,3-4,6H2,(H2,15,17,18). The molecule has 0 aliphatic rings. The van der Waals surface area contributed by atoms with Crippen LogP contribution in [0.1, 0.15) is 0 Å². The third-order valence-electron chi connectivity index (χ3n) is 2.10. The van der Waals surface area contributed by atoms with E-state index in [1.165, 1.54) is 0 Å². The van der Waals surface area contributed by atoms with E-state index in [4.69, 9.17) is 5.14 Å². The molecule has 0 radical (unpaired) electrons. The number of nitrogens with two attached hydrogens (primary N) is 1. The van der Waals surface area contributed by atoms with Crippen molar-refractivity contribution >= 4 is 15.7 Å². The van der Waals surface area contributed by atoms with Gasteiger partial charge in [-0.3, -0.25) is 0 Å². The maximum absolute atomic E-state index is 13.5. The number of nitrogens with one attached hydrogen (secondary N) is 1. The fourth-order valence-electron chi connectivity index (χ4n) is 1.26. The fraction of sp³-hybridized carbons (Fsp3) is 0.400. The molecule has 0 aliphatic heterocycles. The SMILES string of the molecule is NS(=O)(=O)c1ccc(NCCOCC(F)(F)F)c(F)c1. The van der Waals surface area contributed by atoms with Crippen LogP contribution in [0.3, 0.4) is 0 Å². The van der Waals surface area contributed by atoms with Crippen molar-refractivity contribution in [3.05, 3.63) is 24.0 Å². The summed E-state index contributed by atoms with van der Waals surface area (Å²) in [6.07, 6.45) is -4.41. The van der Waals surface area contributed by atoms with Crippen LogP contribution in [0.2, 0.25) is 0 Å². The van der Waals surface area contributed by atoms with Crippen molar-refractivity contribution < 1.29 is 30.7 Å². The number of benzene rings is 1. The molecule has 0 heterocycles. The van der Waals surface area contributed by atoms with E-state index >= 15 is 0 Å². The van der Waals surface area contributed by atoms with Gasteiger partial charge in [0.1, 0.15) is 12.4 Å². The van der Waals surface area contributed by atoms with E-state index in [9.17, 15) is 26.0 Å². The van der Waals surface area contributed by atoms with Gasteiger partial charge in [0, 0.05) is 6.54 Å². The van der Waals surface area contributed by atoms with Crippen molar-refractivity contribution in [1.29, 1.82) is 0 Å². The third-order valence-corrected chi connectivity index (χ3v) is 3.01. The molecule has 20 heavy (non-hydrogen) atoms. The molecule has 1 aromatic carbocycles. The number of rotatable bonds is 6. The van der Waals surface area contributed by atoms with E-state index in [2.05, 4.69) is 10.1 Å². The van der Waals surface area contributed by atoms with Gasteiger partial charge in [-0.25, -0.2) is 17.9 Å². The van der Waals surface area contributed by atoms with E-state index in [-0.39, 0.29) is 18.8 Å². The zero-order valence-corrected chi connectivity index (χ0v) is 10.9. The van der Waals surface area contributed by atoms with Crippen LogP contribution < -0.4 is 10.5 Å². The largest absolute Gasteiger partial charge is 0.411 e. The van der Waals surface area contributed by atoms with Gasteiger partial charge in [0.05, 0.1) is 17.2 Å². The summed E-state index contributed by atoms with van der Waals surface area (Å²) in [6, 6.07) is 2.92. The highest BCUT2D eigenvalue weighted by molar-refractivity contribution is 7.89. The first-order valence-electron chi connectivity index (χ1n) is 5.30. The van der Waals surface area contributed by atoms with E-state index in [0.717, 1.165) is 12.1 Å².